The van der Waals surface area contributed by atoms with E-state index in [0.717, 1.165) is 12.2 Å². The van der Waals surface area contributed by atoms with Gasteiger partial charge >= 0.3 is 0 Å². The lowest BCUT2D eigenvalue weighted by Crippen LogP contribution is -2.20. The lowest BCUT2D eigenvalue weighted by molar-refractivity contribution is -0.142. The van der Waals surface area contributed by atoms with E-state index in [1.54, 1.807) is 0 Å². The Hall–Kier alpha value is -1.06. The van der Waals surface area contributed by atoms with Crippen molar-refractivity contribution < 1.29 is 14.2 Å². The zero-order valence-electron chi connectivity index (χ0n) is 11.9. The van der Waals surface area contributed by atoms with Crippen LogP contribution in [0.2, 0.25) is 0 Å². The van der Waals surface area contributed by atoms with Gasteiger partial charge in [-0.1, -0.05) is 18.2 Å². The third kappa shape index (κ3) is 4.67. The summed E-state index contributed by atoms with van der Waals surface area (Å²) < 4.78 is 16.8. The van der Waals surface area contributed by atoms with Crippen LogP contribution < -0.4 is 4.74 Å². The summed E-state index contributed by atoms with van der Waals surface area (Å²) in [5, 5.41) is 0. The first-order chi connectivity index (χ1) is 8.69. The van der Waals surface area contributed by atoms with Crippen LogP contribution in [0.3, 0.4) is 0 Å². The predicted octanol–water partition coefficient (Wildman–Crippen LogP) is 3.47. The number of hydrogen-bond acceptors (Lipinski definition) is 3. The molecule has 1 aromatic carbocycles. The van der Waals surface area contributed by atoms with Gasteiger partial charge in [0.1, 0.15) is 5.75 Å². The molecular formula is C15H24O3. The third-order valence-electron chi connectivity index (χ3n) is 2.71. The van der Waals surface area contributed by atoms with E-state index in [1.807, 2.05) is 19.9 Å². The Labute approximate surface area is 110 Å². The highest BCUT2D eigenvalue weighted by Crippen LogP contribution is 2.22. The first-order valence-electron chi connectivity index (χ1n) is 6.61. The normalized spacial score (nSPS) is 10.9. The number of ether oxygens (including phenoxy) is 3. The van der Waals surface area contributed by atoms with Gasteiger partial charge in [0.2, 0.25) is 0 Å². The summed E-state index contributed by atoms with van der Waals surface area (Å²) in [5.41, 5.74) is 2.33. The van der Waals surface area contributed by atoms with Gasteiger partial charge in [0.25, 0.3) is 0 Å². The quantitative estimate of drug-likeness (QED) is 0.663. The molecule has 0 aliphatic carbocycles. The molecule has 1 rings (SSSR count). The minimum absolute atomic E-state index is 0.163. The number of rotatable bonds is 8. The molecule has 0 aliphatic heterocycles. The van der Waals surface area contributed by atoms with Gasteiger partial charge in [-0.15, -0.1) is 0 Å². The molecule has 3 heteroatoms. The van der Waals surface area contributed by atoms with Crippen molar-refractivity contribution in [2.75, 3.05) is 19.8 Å². The summed E-state index contributed by atoms with van der Waals surface area (Å²) in [5.74, 6) is 0.976. The molecule has 0 spiro atoms. The summed E-state index contributed by atoms with van der Waals surface area (Å²) in [6, 6.07) is 6.16. The van der Waals surface area contributed by atoms with Crippen LogP contribution in [-0.2, 0) is 9.47 Å². The van der Waals surface area contributed by atoms with Gasteiger partial charge in [0.15, 0.2) is 6.29 Å². The topological polar surface area (TPSA) is 27.7 Å². The minimum Gasteiger partial charge on any atom is -0.493 e. The molecule has 0 N–H and O–H groups in total. The van der Waals surface area contributed by atoms with Crippen LogP contribution in [-0.4, -0.2) is 26.1 Å². The Kier molecular flexibility index (Phi) is 6.76. The zero-order valence-corrected chi connectivity index (χ0v) is 11.9. The van der Waals surface area contributed by atoms with Crippen LogP contribution >= 0.6 is 0 Å². The summed E-state index contributed by atoms with van der Waals surface area (Å²) >= 11 is 0. The molecule has 0 aromatic heterocycles. The molecular weight excluding hydrogens is 228 g/mol. The fourth-order valence-electron chi connectivity index (χ4n) is 1.87. The van der Waals surface area contributed by atoms with Crippen LogP contribution in [0.15, 0.2) is 18.2 Å². The maximum absolute atomic E-state index is 5.83. The smallest absolute Gasteiger partial charge is 0.160 e. The maximum Gasteiger partial charge on any atom is 0.160 e. The second-order valence-electron chi connectivity index (χ2n) is 4.20. The first-order valence-corrected chi connectivity index (χ1v) is 6.61. The average Bonchev–Trinajstić information content (AvgIpc) is 2.33. The molecule has 0 fully saturated rings. The average molecular weight is 252 g/mol. The molecule has 0 saturated carbocycles. The number of benzene rings is 1. The molecule has 18 heavy (non-hydrogen) atoms. The van der Waals surface area contributed by atoms with E-state index in [0.29, 0.717) is 19.8 Å². The van der Waals surface area contributed by atoms with Crippen molar-refractivity contribution in [2.45, 2.75) is 40.4 Å². The molecule has 0 amide bonds. The SMILES string of the molecule is CCOC(CCOc1c(C)cccc1C)OCC. The number of hydrogen-bond donors (Lipinski definition) is 0. The third-order valence-corrected chi connectivity index (χ3v) is 2.71. The molecule has 0 unspecified atom stereocenters. The molecule has 0 radical (unpaired) electrons. The summed E-state index contributed by atoms with van der Waals surface area (Å²) in [7, 11) is 0. The van der Waals surface area contributed by atoms with E-state index < -0.39 is 0 Å². The molecule has 0 aliphatic rings. The van der Waals surface area contributed by atoms with Gasteiger partial charge in [-0.2, -0.15) is 0 Å². The van der Waals surface area contributed by atoms with E-state index in [1.165, 1.54) is 11.1 Å². The molecule has 3 nitrogen and oxygen atoms in total. The van der Waals surface area contributed by atoms with Crippen molar-refractivity contribution in [2.24, 2.45) is 0 Å². The van der Waals surface area contributed by atoms with E-state index in [9.17, 15) is 0 Å². The van der Waals surface area contributed by atoms with Gasteiger partial charge in [-0.3, -0.25) is 0 Å². The molecule has 1 aromatic rings. The fraction of sp³-hybridized carbons (Fsp3) is 0.600. The highest BCUT2D eigenvalue weighted by atomic mass is 16.7. The van der Waals surface area contributed by atoms with Crippen molar-refractivity contribution in [3.63, 3.8) is 0 Å². The summed E-state index contributed by atoms with van der Waals surface area (Å²) in [4.78, 5) is 0. The van der Waals surface area contributed by atoms with E-state index in [-0.39, 0.29) is 6.29 Å². The second kappa shape index (κ2) is 8.11. The Morgan fingerprint density at radius 2 is 1.56 bits per heavy atom. The molecule has 0 heterocycles. The van der Waals surface area contributed by atoms with Crippen LogP contribution in [0.4, 0.5) is 0 Å². The van der Waals surface area contributed by atoms with Gasteiger partial charge in [0, 0.05) is 19.6 Å². The Morgan fingerprint density at radius 3 is 2.06 bits per heavy atom. The minimum atomic E-state index is -0.163. The Bertz CT molecular complexity index is 323. The van der Waals surface area contributed by atoms with Gasteiger partial charge < -0.3 is 14.2 Å². The van der Waals surface area contributed by atoms with Gasteiger partial charge in [-0.25, -0.2) is 0 Å². The Morgan fingerprint density at radius 1 is 1.00 bits per heavy atom. The zero-order chi connectivity index (χ0) is 13.4. The monoisotopic (exact) mass is 252 g/mol. The van der Waals surface area contributed by atoms with Gasteiger partial charge in [0.05, 0.1) is 6.61 Å². The second-order valence-corrected chi connectivity index (χ2v) is 4.20. The Balaban J connectivity index is 2.44. The lowest BCUT2D eigenvalue weighted by Gasteiger charge is -2.18. The lowest BCUT2D eigenvalue weighted by atomic mass is 10.1. The summed E-state index contributed by atoms with van der Waals surface area (Å²) in [6.07, 6.45) is 0.583. The van der Waals surface area contributed by atoms with E-state index in [4.69, 9.17) is 14.2 Å². The number of aryl methyl sites for hydroxylation is 2. The van der Waals surface area contributed by atoms with Crippen molar-refractivity contribution >= 4 is 0 Å². The van der Waals surface area contributed by atoms with Crippen molar-refractivity contribution in [3.8, 4) is 5.75 Å². The van der Waals surface area contributed by atoms with Crippen molar-refractivity contribution in [3.05, 3.63) is 29.3 Å². The standard InChI is InChI=1S/C15H24O3/c1-5-16-14(17-6-2)10-11-18-15-12(3)8-7-9-13(15)4/h7-9,14H,5-6,10-11H2,1-4H3. The molecule has 0 bridgehead atoms. The van der Waals surface area contributed by atoms with Crippen molar-refractivity contribution in [1.29, 1.82) is 0 Å². The van der Waals surface area contributed by atoms with Crippen LogP contribution in [0.5, 0.6) is 5.75 Å². The van der Waals surface area contributed by atoms with Crippen LogP contribution in [0.1, 0.15) is 31.4 Å². The summed E-state index contributed by atoms with van der Waals surface area (Å²) in [6.45, 7) is 9.99. The highest BCUT2D eigenvalue weighted by molar-refractivity contribution is 5.39. The molecule has 0 atom stereocenters. The highest BCUT2D eigenvalue weighted by Gasteiger charge is 2.09. The van der Waals surface area contributed by atoms with Crippen molar-refractivity contribution in [1.82, 2.24) is 0 Å². The number of para-hydroxylation sites is 1. The molecule has 102 valence electrons. The van der Waals surface area contributed by atoms with E-state index in [2.05, 4.69) is 26.0 Å². The largest absolute Gasteiger partial charge is 0.493 e. The van der Waals surface area contributed by atoms with Crippen LogP contribution in [0.25, 0.3) is 0 Å². The predicted molar refractivity (Wildman–Crippen MR) is 73.1 cm³/mol. The first kappa shape index (κ1) is 15.0. The van der Waals surface area contributed by atoms with E-state index >= 15 is 0 Å². The maximum atomic E-state index is 5.83. The fourth-order valence-corrected chi connectivity index (χ4v) is 1.87. The van der Waals surface area contributed by atoms with Crippen LogP contribution in [0, 0.1) is 13.8 Å². The van der Waals surface area contributed by atoms with Gasteiger partial charge in [-0.05, 0) is 38.8 Å². The molecule has 0 saturated heterocycles.